The van der Waals surface area contributed by atoms with E-state index < -0.39 is 21.6 Å². The second-order valence-electron chi connectivity index (χ2n) is 3.27. The van der Waals surface area contributed by atoms with Crippen LogP contribution >= 0.6 is 169 Å². The summed E-state index contributed by atoms with van der Waals surface area (Å²) in [4.78, 5) is 0. The van der Waals surface area contributed by atoms with Gasteiger partial charge in [0.05, 0.1) is 0 Å². The normalized spacial score (nSPS) is 17.6. The summed E-state index contributed by atoms with van der Waals surface area (Å²) in [5.74, 6) is 0. The van der Waals surface area contributed by atoms with Crippen molar-refractivity contribution in [3.8, 4) is 0 Å². The molecule has 0 amide bonds. The molecule has 0 N–H and O–H groups in total. The summed E-state index contributed by atoms with van der Waals surface area (Å²) in [6.45, 7) is -2.87. The first kappa shape index (κ1) is 31.0. The molecular formula is H22FP21. The lowest BCUT2D eigenvalue weighted by Crippen LogP contribution is -1.58. The molecule has 0 saturated carbocycles. The third kappa shape index (κ3) is 11.2. The molecule has 0 aromatic heterocycles. The molecule has 0 rings (SSSR count). The van der Waals surface area contributed by atoms with Gasteiger partial charge >= 0.3 is 0 Å². The van der Waals surface area contributed by atoms with E-state index in [1.54, 1.807) is 0 Å². The Labute approximate surface area is 171 Å². The summed E-state index contributed by atoms with van der Waals surface area (Å²) in [5, 5.41) is 0. The lowest BCUT2D eigenvalue weighted by Gasteiger charge is -2.42. The first-order valence-electron chi connectivity index (χ1n) is 4.81. The predicted octanol–water partition coefficient (Wildman–Crippen LogP) is 12.6. The molecule has 0 radical (unpaired) electrons. The molecule has 0 fully saturated rings. The minimum Gasteiger partial charge on any atom is -0.216 e. The van der Waals surface area contributed by atoms with Gasteiger partial charge in [0.15, 0.2) is 0 Å². The maximum Gasteiger partial charge on any atom is 0.148 e. The molecule has 0 aliphatic heterocycles. The summed E-state index contributed by atoms with van der Waals surface area (Å²) in [7, 11) is 31.4. The third-order valence-electron chi connectivity index (χ3n) is 1.70. The molecule has 0 nitrogen and oxygen atoms in total. The Morgan fingerprint density at radius 3 is 0.955 bits per heavy atom. The van der Waals surface area contributed by atoms with Gasteiger partial charge in [-0.05, 0) is 48.9 Å². The Hall–Kier alpha value is 8.96. The topological polar surface area (TPSA) is 0 Å². The van der Waals surface area contributed by atoms with E-state index in [9.17, 15) is 0 Å². The van der Waals surface area contributed by atoms with Crippen molar-refractivity contribution in [3.05, 3.63) is 0 Å². The highest BCUT2D eigenvalue weighted by Gasteiger charge is 2.45. The van der Waals surface area contributed by atoms with Crippen LogP contribution in [0.25, 0.3) is 0 Å². The van der Waals surface area contributed by atoms with Crippen LogP contribution < -0.4 is 0 Å². The van der Waals surface area contributed by atoms with Crippen LogP contribution in [0.3, 0.4) is 0 Å². The van der Waals surface area contributed by atoms with E-state index in [0.717, 1.165) is 0 Å². The van der Waals surface area contributed by atoms with Crippen molar-refractivity contribution in [2.75, 3.05) is 0 Å². The highest BCUT2D eigenvalue weighted by atomic mass is 33.4. The second-order valence-corrected chi connectivity index (χ2v) is 85.5. The Morgan fingerprint density at radius 1 is 0.409 bits per heavy atom. The average molecular weight is 692 g/mol. The Kier molecular flexibility index (Phi) is 23.3. The quantitative estimate of drug-likeness (QED) is 0.211. The molecule has 0 aromatic carbocycles. The van der Waals surface area contributed by atoms with Gasteiger partial charge in [0.1, 0.15) is 7.61 Å². The summed E-state index contributed by atoms with van der Waals surface area (Å²) in [6.07, 6.45) is 0. The fraction of sp³-hybridized carbons (Fsp3) is 0. The molecule has 134 valence electrons. The maximum absolute atomic E-state index is 15.9. The molecule has 22 heavy (non-hydrogen) atoms. The minimum absolute atomic E-state index is 0.213. The van der Waals surface area contributed by atoms with E-state index in [1.165, 1.54) is 0 Å². The van der Waals surface area contributed by atoms with Crippen molar-refractivity contribution >= 4 is 169 Å². The summed E-state index contributed by atoms with van der Waals surface area (Å²) in [5.41, 5.74) is 0. The summed E-state index contributed by atoms with van der Waals surface area (Å²) in [6, 6.07) is 0. The van der Waals surface area contributed by atoms with Gasteiger partial charge in [-0.3, -0.25) is 0 Å². The fourth-order valence-electron chi connectivity index (χ4n) is 0.981. The Balaban J connectivity index is 5.74. The zero-order chi connectivity index (χ0) is 17.8. The third-order valence-corrected chi connectivity index (χ3v) is 131. The molecule has 0 aromatic rings. The van der Waals surface area contributed by atoms with Crippen molar-refractivity contribution in [2.45, 2.75) is 0 Å². The number of rotatable bonds is 9. The standard InChI is InChI=1S/FH22P21/c1-13(20(15(4)5)16(6)7)21(19(12)14(2)3)22(17(8)9)18(10)11/h2-12H2. The monoisotopic (exact) mass is 692 g/mol. The van der Waals surface area contributed by atoms with Crippen LogP contribution in [0.1, 0.15) is 0 Å². The largest absolute Gasteiger partial charge is 0.216 e. The fourth-order valence-corrected chi connectivity index (χ4v) is 215. The van der Waals surface area contributed by atoms with E-state index >= 15 is 4.20 Å². The van der Waals surface area contributed by atoms with E-state index in [0.29, 0.717) is 0 Å². The molecule has 0 spiro atoms. The molecule has 0 aliphatic rings. The SMILES string of the molecule is FP(P(P(P)P)P(P)P)P(P(P)P(P)P)P(P(P)P)P(P)P. The van der Waals surface area contributed by atoms with Crippen molar-refractivity contribution < 1.29 is 4.20 Å². The highest BCUT2D eigenvalue weighted by molar-refractivity contribution is 9.32. The van der Waals surface area contributed by atoms with Crippen LogP contribution in [0.2, 0.25) is 0 Å². The molecule has 22 heteroatoms. The van der Waals surface area contributed by atoms with E-state index in [1.807, 2.05) is 0 Å². The number of halogens is 1. The van der Waals surface area contributed by atoms with Crippen molar-refractivity contribution in [1.29, 1.82) is 0 Å². The van der Waals surface area contributed by atoms with E-state index in [-0.39, 0.29) is 48.9 Å². The van der Waals surface area contributed by atoms with Crippen LogP contribution in [-0.4, -0.2) is 0 Å². The zero-order valence-corrected chi connectivity index (χ0v) is 32.8. The van der Waals surface area contributed by atoms with Crippen LogP contribution in [0, 0.1) is 0 Å². The number of hydrogen-bond donors (Lipinski definition) is 0. The molecule has 14 atom stereocenters. The first-order valence-corrected chi connectivity index (χ1v) is 42.3. The minimum atomic E-state index is -1.35. The van der Waals surface area contributed by atoms with Gasteiger partial charge < -0.3 is 0 Å². The molecule has 0 heterocycles. The molecule has 0 saturated heterocycles. The van der Waals surface area contributed by atoms with Gasteiger partial charge in [-0.15, -0.1) is 98.2 Å². The van der Waals surface area contributed by atoms with E-state index in [4.69, 9.17) is 0 Å². The second kappa shape index (κ2) is 16.6. The van der Waals surface area contributed by atoms with Crippen molar-refractivity contribution in [1.82, 2.24) is 0 Å². The van der Waals surface area contributed by atoms with Gasteiger partial charge in [-0.1, -0.05) is 0 Å². The van der Waals surface area contributed by atoms with Crippen molar-refractivity contribution in [2.24, 2.45) is 0 Å². The molecule has 0 aliphatic carbocycles. The number of hydrogen-bond acceptors (Lipinski definition) is 0. The Bertz CT molecular complexity index is 274. The van der Waals surface area contributed by atoms with Gasteiger partial charge in [0.25, 0.3) is 0 Å². The lowest BCUT2D eigenvalue weighted by molar-refractivity contribution is 0.931. The molecule has 14 unspecified atom stereocenters. The van der Waals surface area contributed by atoms with Crippen LogP contribution in [-0.2, 0) is 0 Å². The summed E-state index contributed by atoms with van der Waals surface area (Å²) < 4.78 is 15.9. The highest BCUT2D eigenvalue weighted by Crippen LogP contribution is 3.29. The Morgan fingerprint density at radius 2 is 0.727 bits per heavy atom. The van der Waals surface area contributed by atoms with Gasteiger partial charge in [-0.25, -0.2) is 4.20 Å². The zero-order valence-electron chi connectivity index (χ0n) is 11.2. The van der Waals surface area contributed by atoms with Gasteiger partial charge in [0, 0.05) is 14.0 Å². The first-order chi connectivity index (χ1) is 9.93. The predicted molar refractivity (Wildman–Crippen MR) is 177 cm³/mol. The van der Waals surface area contributed by atoms with Gasteiger partial charge in [-0.2, -0.15) is 0 Å². The maximum atomic E-state index is 15.9. The lowest BCUT2D eigenvalue weighted by atomic mass is 18.9. The van der Waals surface area contributed by atoms with Crippen molar-refractivity contribution in [3.63, 3.8) is 0 Å². The summed E-state index contributed by atoms with van der Waals surface area (Å²) >= 11 is 0. The molecule has 0 bridgehead atoms. The average Bonchev–Trinajstić information content (AvgIpc) is 2.32. The van der Waals surface area contributed by atoms with Gasteiger partial charge in [0.2, 0.25) is 0 Å². The van der Waals surface area contributed by atoms with Crippen LogP contribution in [0.5, 0.6) is 0 Å². The van der Waals surface area contributed by atoms with Crippen LogP contribution in [0.4, 0.5) is 4.20 Å². The van der Waals surface area contributed by atoms with Crippen LogP contribution in [0.15, 0.2) is 0 Å². The van der Waals surface area contributed by atoms with E-state index in [2.05, 4.69) is 98.2 Å². The molecular weight excluding hydrogens is 669 g/mol. The smallest absolute Gasteiger partial charge is 0.148 e.